The third-order valence-corrected chi connectivity index (χ3v) is 3.41. The molecule has 0 radical (unpaired) electrons. The number of anilines is 1. The summed E-state index contributed by atoms with van der Waals surface area (Å²) < 4.78 is 10.5. The normalized spacial score (nSPS) is 14.8. The Morgan fingerprint density at radius 3 is 2.83 bits per heavy atom. The molecule has 2 aromatic rings. The lowest BCUT2D eigenvalue weighted by atomic mass is 10.0. The number of nitrogens with zero attached hydrogens (tertiary/aromatic N) is 1. The Balaban J connectivity index is 2.11. The molecule has 18 heavy (non-hydrogen) atoms. The van der Waals surface area contributed by atoms with E-state index in [1.54, 1.807) is 7.11 Å². The quantitative estimate of drug-likeness (QED) is 0.901. The predicted molar refractivity (Wildman–Crippen MR) is 69.6 cm³/mol. The van der Waals surface area contributed by atoms with Crippen molar-refractivity contribution in [2.24, 2.45) is 0 Å². The van der Waals surface area contributed by atoms with Crippen molar-refractivity contribution in [1.82, 2.24) is 5.16 Å². The van der Waals surface area contributed by atoms with Crippen molar-refractivity contribution in [3.05, 3.63) is 29.5 Å². The molecule has 0 amide bonds. The minimum absolute atomic E-state index is 0.391. The second-order valence-electron chi connectivity index (χ2n) is 4.77. The Bertz CT molecular complexity index is 585. The van der Waals surface area contributed by atoms with Gasteiger partial charge in [-0.25, -0.2) is 0 Å². The number of aryl methyl sites for hydroxylation is 1. The third-order valence-electron chi connectivity index (χ3n) is 3.41. The first kappa shape index (κ1) is 11.1. The fourth-order valence-electron chi connectivity index (χ4n) is 2.22. The van der Waals surface area contributed by atoms with E-state index in [2.05, 4.69) is 5.16 Å². The minimum atomic E-state index is 0.391. The van der Waals surface area contributed by atoms with Gasteiger partial charge in [0.15, 0.2) is 0 Å². The molecular formula is C14H16N2O2. The van der Waals surface area contributed by atoms with E-state index in [-0.39, 0.29) is 0 Å². The van der Waals surface area contributed by atoms with E-state index < -0.39 is 0 Å². The van der Waals surface area contributed by atoms with Crippen LogP contribution in [-0.4, -0.2) is 12.3 Å². The van der Waals surface area contributed by atoms with Gasteiger partial charge in [0.25, 0.3) is 0 Å². The summed E-state index contributed by atoms with van der Waals surface area (Å²) in [5, 5.41) is 4.09. The van der Waals surface area contributed by atoms with Gasteiger partial charge in [-0.2, -0.15) is 0 Å². The van der Waals surface area contributed by atoms with Gasteiger partial charge in [-0.1, -0.05) is 17.3 Å². The van der Waals surface area contributed by atoms with E-state index in [4.69, 9.17) is 15.0 Å². The lowest BCUT2D eigenvalue weighted by Gasteiger charge is -2.07. The molecule has 1 aromatic carbocycles. The zero-order valence-corrected chi connectivity index (χ0v) is 10.6. The average molecular weight is 244 g/mol. The summed E-state index contributed by atoms with van der Waals surface area (Å²) in [6, 6.07) is 6.05. The third kappa shape index (κ3) is 1.74. The monoisotopic (exact) mass is 244 g/mol. The molecule has 1 aliphatic rings. The highest BCUT2D eigenvalue weighted by Crippen LogP contribution is 2.46. The molecule has 1 aliphatic carbocycles. The van der Waals surface area contributed by atoms with Gasteiger partial charge in [0.1, 0.15) is 5.75 Å². The molecule has 3 rings (SSSR count). The molecule has 4 heteroatoms. The Morgan fingerprint density at radius 2 is 2.17 bits per heavy atom. The summed E-state index contributed by atoms with van der Waals surface area (Å²) >= 11 is 0. The maximum atomic E-state index is 5.90. The van der Waals surface area contributed by atoms with Gasteiger partial charge in [0, 0.05) is 5.92 Å². The van der Waals surface area contributed by atoms with Crippen LogP contribution < -0.4 is 10.5 Å². The average Bonchev–Trinajstić information content (AvgIpc) is 3.14. The van der Waals surface area contributed by atoms with Crippen molar-refractivity contribution >= 4 is 5.88 Å². The number of hydrogen-bond acceptors (Lipinski definition) is 4. The maximum absolute atomic E-state index is 5.90. The number of nitrogen functional groups attached to an aromatic ring is 1. The van der Waals surface area contributed by atoms with Crippen molar-refractivity contribution in [3.63, 3.8) is 0 Å². The van der Waals surface area contributed by atoms with Crippen molar-refractivity contribution in [3.8, 4) is 16.9 Å². The van der Waals surface area contributed by atoms with Crippen LogP contribution in [0.1, 0.15) is 30.0 Å². The molecule has 0 spiro atoms. The summed E-state index contributed by atoms with van der Waals surface area (Å²) in [7, 11) is 1.67. The van der Waals surface area contributed by atoms with Crippen LogP contribution in [-0.2, 0) is 0 Å². The molecule has 1 heterocycles. The molecule has 1 saturated carbocycles. The van der Waals surface area contributed by atoms with Crippen LogP contribution in [0, 0.1) is 6.92 Å². The number of aromatic nitrogens is 1. The van der Waals surface area contributed by atoms with Crippen LogP contribution in [0.2, 0.25) is 0 Å². The fraction of sp³-hybridized carbons (Fsp3) is 0.357. The molecule has 1 fully saturated rings. The summed E-state index contributed by atoms with van der Waals surface area (Å²) in [6.07, 6.45) is 2.34. The number of ether oxygens (including phenoxy) is 1. The van der Waals surface area contributed by atoms with E-state index in [0.29, 0.717) is 11.8 Å². The maximum Gasteiger partial charge on any atom is 0.230 e. The molecule has 1 aromatic heterocycles. The summed E-state index contributed by atoms with van der Waals surface area (Å²) in [6.45, 7) is 2.02. The van der Waals surface area contributed by atoms with Gasteiger partial charge in [-0.05, 0) is 37.0 Å². The van der Waals surface area contributed by atoms with Crippen LogP contribution in [0.4, 0.5) is 5.88 Å². The highest BCUT2D eigenvalue weighted by atomic mass is 16.5. The molecule has 4 nitrogen and oxygen atoms in total. The standard InChI is InChI=1S/C14H16N2O2/c1-8-3-4-10(7-11(8)17-2)12-13(9-5-6-9)16-18-14(12)15/h3-4,7,9H,5-6,15H2,1-2H3. The summed E-state index contributed by atoms with van der Waals surface area (Å²) in [4.78, 5) is 0. The first-order valence-electron chi connectivity index (χ1n) is 6.10. The summed E-state index contributed by atoms with van der Waals surface area (Å²) in [5.74, 6) is 1.76. The van der Waals surface area contributed by atoms with Crippen molar-refractivity contribution in [2.45, 2.75) is 25.7 Å². The molecule has 0 bridgehead atoms. The topological polar surface area (TPSA) is 61.3 Å². The number of methoxy groups -OCH3 is 1. The largest absolute Gasteiger partial charge is 0.496 e. The van der Waals surface area contributed by atoms with Crippen molar-refractivity contribution in [2.75, 3.05) is 12.8 Å². The zero-order valence-electron chi connectivity index (χ0n) is 10.6. The molecular weight excluding hydrogens is 228 g/mol. The van der Waals surface area contributed by atoms with E-state index in [0.717, 1.165) is 28.1 Å². The van der Waals surface area contributed by atoms with Gasteiger partial charge >= 0.3 is 0 Å². The highest BCUT2D eigenvalue weighted by molar-refractivity contribution is 5.77. The first-order chi connectivity index (χ1) is 8.70. The van der Waals surface area contributed by atoms with Gasteiger partial charge in [-0.3, -0.25) is 0 Å². The lowest BCUT2D eigenvalue weighted by Crippen LogP contribution is -1.92. The number of hydrogen-bond donors (Lipinski definition) is 1. The van der Waals surface area contributed by atoms with Crippen LogP contribution in [0.15, 0.2) is 22.7 Å². The van der Waals surface area contributed by atoms with E-state index in [1.807, 2.05) is 25.1 Å². The van der Waals surface area contributed by atoms with E-state index in [1.165, 1.54) is 12.8 Å². The Morgan fingerprint density at radius 1 is 1.39 bits per heavy atom. The zero-order chi connectivity index (χ0) is 12.7. The Labute approximate surface area is 106 Å². The SMILES string of the molecule is COc1cc(-c2c(C3CC3)noc2N)ccc1C. The Hall–Kier alpha value is -1.97. The van der Waals surface area contributed by atoms with Gasteiger partial charge < -0.3 is 15.0 Å². The van der Waals surface area contributed by atoms with Crippen LogP contribution in [0.5, 0.6) is 5.75 Å². The predicted octanol–water partition coefficient (Wildman–Crippen LogP) is 3.12. The van der Waals surface area contributed by atoms with Crippen LogP contribution in [0.25, 0.3) is 11.1 Å². The van der Waals surface area contributed by atoms with Crippen LogP contribution >= 0.6 is 0 Å². The van der Waals surface area contributed by atoms with Gasteiger partial charge in [-0.15, -0.1) is 0 Å². The Kier molecular flexibility index (Phi) is 2.51. The summed E-state index contributed by atoms with van der Waals surface area (Å²) in [5.41, 5.74) is 9.92. The lowest BCUT2D eigenvalue weighted by molar-refractivity contribution is 0.412. The molecule has 0 aliphatic heterocycles. The number of benzene rings is 1. The number of rotatable bonds is 3. The number of nitrogens with two attached hydrogens (primary N) is 1. The second-order valence-corrected chi connectivity index (χ2v) is 4.77. The van der Waals surface area contributed by atoms with Crippen LogP contribution in [0.3, 0.4) is 0 Å². The first-order valence-corrected chi connectivity index (χ1v) is 6.10. The molecule has 94 valence electrons. The fourth-order valence-corrected chi connectivity index (χ4v) is 2.22. The molecule has 2 N–H and O–H groups in total. The molecule has 0 saturated heterocycles. The molecule has 0 unspecified atom stereocenters. The minimum Gasteiger partial charge on any atom is -0.496 e. The van der Waals surface area contributed by atoms with Crippen molar-refractivity contribution in [1.29, 1.82) is 0 Å². The van der Waals surface area contributed by atoms with Crippen molar-refractivity contribution < 1.29 is 9.26 Å². The smallest absolute Gasteiger partial charge is 0.230 e. The molecule has 0 atom stereocenters. The van der Waals surface area contributed by atoms with Gasteiger partial charge in [0.05, 0.1) is 18.4 Å². The second kappa shape index (κ2) is 4.05. The van der Waals surface area contributed by atoms with E-state index >= 15 is 0 Å². The van der Waals surface area contributed by atoms with E-state index in [9.17, 15) is 0 Å². The van der Waals surface area contributed by atoms with Gasteiger partial charge in [0.2, 0.25) is 5.88 Å². The highest BCUT2D eigenvalue weighted by Gasteiger charge is 2.31.